The molecule has 2 heterocycles. The van der Waals surface area contributed by atoms with E-state index in [-0.39, 0.29) is 24.0 Å². The Hall–Kier alpha value is -1.14. The van der Waals surface area contributed by atoms with Crippen molar-refractivity contribution in [2.45, 2.75) is 37.8 Å². The summed E-state index contributed by atoms with van der Waals surface area (Å²) in [6, 6.07) is -0.407. The minimum absolute atomic E-state index is 0.0158. The zero-order valence-corrected chi connectivity index (χ0v) is 10.8. The lowest BCUT2D eigenvalue weighted by Gasteiger charge is -2.38. The van der Waals surface area contributed by atoms with Gasteiger partial charge in [-0.15, -0.1) is 0 Å². The first-order valence-electron chi connectivity index (χ1n) is 6.51. The lowest BCUT2D eigenvalue weighted by molar-refractivity contribution is -0.138. The number of carbonyl (C=O) groups excluding carboxylic acids is 2. The van der Waals surface area contributed by atoms with Gasteiger partial charge in [-0.3, -0.25) is 9.59 Å². The van der Waals surface area contributed by atoms with Crippen LogP contribution in [0.5, 0.6) is 0 Å². The highest BCUT2D eigenvalue weighted by molar-refractivity contribution is 5.88. The lowest BCUT2D eigenvalue weighted by Crippen LogP contribution is -2.60. The number of carbonyl (C=O) groups is 2. The maximum atomic E-state index is 11.7. The van der Waals surface area contributed by atoms with Crippen LogP contribution in [0.15, 0.2) is 0 Å². The summed E-state index contributed by atoms with van der Waals surface area (Å²) in [5, 5.41) is 8.62. The van der Waals surface area contributed by atoms with Crippen molar-refractivity contribution in [2.75, 3.05) is 26.2 Å². The average Bonchev–Trinajstić information content (AvgIpc) is 2.50. The second-order valence-corrected chi connectivity index (χ2v) is 5.25. The number of rotatable bonds is 4. The Bertz CT molecular complexity index is 329. The van der Waals surface area contributed by atoms with Gasteiger partial charge in [-0.2, -0.15) is 0 Å². The van der Waals surface area contributed by atoms with Crippen molar-refractivity contribution in [3.05, 3.63) is 0 Å². The van der Waals surface area contributed by atoms with E-state index in [2.05, 4.69) is 16.0 Å². The zero-order valence-electron chi connectivity index (χ0n) is 10.8. The Morgan fingerprint density at radius 3 is 2.94 bits per heavy atom. The summed E-state index contributed by atoms with van der Waals surface area (Å²) in [4.78, 5) is 23.4. The van der Waals surface area contributed by atoms with E-state index in [0.717, 1.165) is 25.9 Å². The van der Waals surface area contributed by atoms with Gasteiger partial charge in [-0.25, -0.2) is 0 Å². The number of hydrogen-bond acceptors (Lipinski definition) is 4. The van der Waals surface area contributed by atoms with Crippen LogP contribution in [0.4, 0.5) is 0 Å². The van der Waals surface area contributed by atoms with E-state index >= 15 is 0 Å². The fourth-order valence-electron chi connectivity index (χ4n) is 2.13. The summed E-state index contributed by atoms with van der Waals surface area (Å²) in [6.45, 7) is 4.22. The summed E-state index contributed by atoms with van der Waals surface area (Å²) in [5.74, 6) is -0.303. The Morgan fingerprint density at radius 2 is 2.28 bits per heavy atom. The summed E-state index contributed by atoms with van der Waals surface area (Å²) < 4.78 is 5.53. The van der Waals surface area contributed by atoms with E-state index in [1.807, 2.05) is 6.92 Å². The summed E-state index contributed by atoms with van der Waals surface area (Å²) >= 11 is 0. The molecule has 0 radical (unpaired) electrons. The molecule has 0 aromatic carbocycles. The largest absolute Gasteiger partial charge is 0.363 e. The highest BCUT2D eigenvalue weighted by Crippen LogP contribution is 2.14. The Balaban J connectivity index is 1.73. The Morgan fingerprint density at radius 1 is 1.50 bits per heavy atom. The van der Waals surface area contributed by atoms with Crippen LogP contribution in [0.1, 0.15) is 26.2 Å². The van der Waals surface area contributed by atoms with Crippen molar-refractivity contribution in [3.63, 3.8) is 0 Å². The summed E-state index contributed by atoms with van der Waals surface area (Å²) in [6.07, 6.45) is 2.63. The minimum Gasteiger partial charge on any atom is -0.363 e. The highest BCUT2D eigenvalue weighted by Gasteiger charge is 2.33. The molecule has 0 aromatic rings. The first-order chi connectivity index (χ1) is 8.59. The third-order valence-electron chi connectivity index (χ3n) is 3.42. The fraction of sp³-hybridized carbons (Fsp3) is 0.833. The molecule has 2 amide bonds. The molecule has 0 aromatic heterocycles. The van der Waals surface area contributed by atoms with Crippen molar-refractivity contribution >= 4 is 11.8 Å². The number of nitrogens with one attached hydrogen (secondary N) is 3. The number of amides is 2. The molecular weight excluding hydrogens is 234 g/mol. The molecule has 2 aliphatic rings. The minimum atomic E-state index is -0.407. The monoisotopic (exact) mass is 255 g/mol. The van der Waals surface area contributed by atoms with Crippen LogP contribution in [-0.2, 0) is 14.3 Å². The van der Waals surface area contributed by atoms with Crippen LogP contribution in [-0.4, -0.2) is 49.7 Å². The van der Waals surface area contributed by atoms with Gasteiger partial charge < -0.3 is 20.7 Å². The van der Waals surface area contributed by atoms with E-state index in [4.69, 9.17) is 4.74 Å². The van der Waals surface area contributed by atoms with Crippen LogP contribution in [0.25, 0.3) is 0 Å². The third-order valence-corrected chi connectivity index (χ3v) is 3.42. The molecule has 6 heteroatoms. The standard InChI is InChI=1S/C12H21N3O3/c1-12(7-13-8-12)18-6-10(16)15-9-4-2-3-5-14-11(9)17/h9,13H,2-8H2,1H3,(H,14,17)(H,15,16). The molecule has 18 heavy (non-hydrogen) atoms. The van der Waals surface area contributed by atoms with Gasteiger partial charge in [0.15, 0.2) is 0 Å². The molecular formula is C12H21N3O3. The molecule has 0 saturated carbocycles. The molecule has 102 valence electrons. The predicted octanol–water partition coefficient (Wildman–Crippen LogP) is -0.850. The molecule has 2 saturated heterocycles. The third kappa shape index (κ3) is 3.43. The van der Waals surface area contributed by atoms with E-state index in [1.165, 1.54) is 0 Å². The van der Waals surface area contributed by atoms with E-state index < -0.39 is 6.04 Å². The Kier molecular flexibility index (Phi) is 4.19. The van der Waals surface area contributed by atoms with Gasteiger partial charge >= 0.3 is 0 Å². The Labute approximate surface area is 107 Å². The second-order valence-electron chi connectivity index (χ2n) is 5.25. The molecule has 6 nitrogen and oxygen atoms in total. The SMILES string of the molecule is CC1(OCC(=O)NC2CCCCNC2=O)CNC1. The molecule has 0 aliphatic carbocycles. The molecule has 2 aliphatic heterocycles. The van der Waals surface area contributed by atoms with E-state index in [0.29, 0.717) is 13.0 Å². The van der Waals surface area contributed by atoms with Crippen molar-refractivity contribution < 1.29 is 14.3 Å². The summed E-state index contributed by atoms with van der Waals surface area (Å²) in [7, 11) is 0. The molecule has 0 spiro atoms. The predicted molar refractivity (Wildman–Crippen MR) is 66.0 cm³/mol. The average molecular weight is 255 g/mol. The van der Waals surface area contributed by atoms with Gasteiger partial charge in [0.05, 0.1) is 5.60 Å². The lowest BCUT2D eigenvalue weighted by atomic mass is 10.0. The van der Waals surface area contributed by atoms with E-state index in [1.54, 1.807) is 0 Å². The van der Waals surface area contributed by atoms with Crippen molar-refractivity contribution in [2.24, 2.45) is 0 Å². The first-order valence-corrected chi connectivity index (χ1v) is 6.51. The molecule has 1 unspecified atom stereocenters. The van der Waals surface area contributed by atoms with Gasteiger partial charge in [0, 0.05) is 19.6 Å². The number of ether oxygens (including phenoxy) is 1. The molecule has 2 rings (SSSR count). The second kappa shape index (κ2) is 5.67. The van der Waals surface area contributed by atoms with Gasteiger partial charge in [0.1, 0.15) is 12.6 Å². The van der Waals surface area contributed by atoms with Gasteiger partial charge in [-0.05, 0) is 26.2 Å². The quantitative estimate of drug-likeness (QED) is 0.611. The van der Waals surface area contributed by atoms with Gasteiger partial charge in [0.25, 0.3) is 0 Å². The zero-order chi connectivity index (χ0) is 13.0. The maximum Gasteiger partial charge on any atom is 0.246 e. The van der Waals surface area contributed by atoms with Gasteiger partial charge in [0.2, 0.25) is 11.8 Å². The molecule has 2 fully saturated rings. The van der Waals surface area contributed by atoms with Crippen LogP contribution in [0.3, 0.4) is 0 Å². The van der Waals surface area contributed by atoms with Crippen LogP contribution >= 0.6 is 0 Å². The molecule has 3 N–H and O–H groups in total. The van der Waals surface area contributed by atoms with Crippen molar-refractivity contribution in [1.82, 2.24) is 16.0 Å². The molecule has 0 bridgehead atoms. The smallest absolute Gasteiger partial charge is 0.246 e. The fourth-order valence-corrected chi connectivity index (χ4v) is 2.13. The highest BCUT2D eigenvalue weighted by atomic mass is 16.5. The van der Waals surface area contributed by atoms with Crippen molar-refractivity contribution in [3.8, 4) is 0 Å². The van der Waals surface area contributed by atoms with Crippen LogP contribution in [0.2, 0.25) is 0 Å². The van der Waals surface area contributed by atoms with E-state index in [9.17, 15) is 9.59 Å². The normalized spacial score (nSPS) is 26.7. The number of hydrogen-bond donors (Lipinski definition) is 3. The van der Waals surface area contributed by atoms with Crippen LogP contribution < -0.4 is 16.0 Å². The summed E-state index contributed by atoms with van der Waals surface area (Å²) in [5.41, 5.74) is -0.233. The van der Waals surface area contributed by atoms with Gasteiger partial charge in [-0.1, -0.05) is 0 Å². The van der Waals surface area contributed by atoms with Crippen LogP contribution in [0, 0.1) is 0 Å². The van der Waals surface area contributed by atoms with Crippen molar-refractivity contribution in [1.29, 1.82) is 0 Å². The molecule has 1 atom stereocenters. The maximum absolute atomic E-state index is 11.7. The first kappa shape index (κ1) is 13.3. The topological polar surface area (TPSA) is 79.5 Å².